The monoisotopic (exact) mass is 338 g/mol. The van der Waals surface area contributed by atoms with Gasteiger partial charge in [0.15, 0.2) is 0 Å². The molecule has 4 nitrogen and oxygen atoms in total. The van der Waals surface area contributed by atoms with Crippen molar-refractivity contribution in [3.05, 3.63) is 58.1 Å². The van der Waals surface area contributed by atoms with Gasteiger partial charge in [0.25, 0.3) is 0 Å². The van der Waals surface area contributed by atoms with Crippen LogP contribution in [0, 0.1) is 34.6 Å². The van der Waals surface area contributed by atoms with E-state index in [0.717, 1.165) is 39.2 Å². The molecule has 2 rings (SSSR count). The Bertz CT molecular complexity index is 802. The van der Waals surface area contributed by atoms with Crippen LogP contribution in [-0.4, -0.2) is 18.4 Å². The smallest absolute Gasteiger partial charge is 0.244 e. The van der Waals surface area contributed by atoms with Crippen molar-refractivity contribution >= 4 is 23.2 Å². The third-order valence-electron chi connectivity index (χ3n) is 4.25. The molecule has 0 radical (unpaired) electrons. The minimum Gasteiger partial charge on any atom is -0.324 e. The van der Waals surface area contributed by atoms with E-state index in [4.69, 9.17) is 0 Å². The fourth-order valence-electron chi connectivity index (χ4n) is 3.15. The second-order valence-corrected chi connectivity index (χ2v) is 6.72. The second-order valence-electron chi connectivity index (χ2n) is 6.72. The Kier molecular flexibility index (Phi) is 5.62. The number of anilines is 2. The summed E-state index contributed by atoms with van der Waals surface area (Å²) in [7, 11) is 0. The standard InChI is InChI=1S/C21H26N2O2/c1-13-7-8-15(3)19(11-13)22-20(25)12-23(18(6)24)21-16(4)9-14(2)10-17(21)5/h7-11H,12H2,1-6H3,(H,22,25). The van der Waals surface area contributed by atoms with Gasteiger partial charge in [-0.3, -0.25) is 9.59 Å². The number of amides is 2. The molecular weight excluding hydrogens is 312 g/mol. The Morgan fingerprint density at radius 3 is 2.04 bits per heavy atom. The van der Waals surface area contributed by atoms with Crippen LogP contribution < -0.4 is 10.2 Å². The lowest BCUT2D eigenvalue weighted by atomic mass is 10.0. The van der Waals surface area contributed by atoms with Gasteiger partial charge in [-0.05, 0) is 62.9 Å². The average molecular weight is 338 g/mol. The predicted molar refractivity (Wildman–Crippen MR) is 103 cm³/mol. The summed E-state index contributed by atoms with van der Waals surface area (Å²) in [6.07, 6.45) is 0. The van der Waals surface area contributed by atoms with Gasteiger partial charge in [0.05, 0.1) is 5.69 Å². The van der Waals surface area contributed by atoms with Crippen LogP contribution in [0.3, 0.4) is 0 Å². The number of hydrogen-bond acceptors (Lipinski definition) is 2. The first-order valence-electron chi connectivity index (χ1n) is 8.42. The third kappa shape index (κ3) is 4.47. The summed E-state index contributed by atoms with van der Waals surface area (Å²) < 4.78 is 0. The quantitative estimate of drug-likeness (QED) is 0.907. The molecule has 2 amide bonds. The molecule has 0 aromatic heterocycles. The minimum absolute atomic E-state index is 0.00649. The number of nitrogens with one attached hydrogen (secondary N) is 1. The van der Waals surface area contributed by atoms with Gasteiger partial charge in [0, 0.05) is 12.6 Å². The number of aryl methyl sites for hydroxylation is 5. The van der Waals surface area contributed by atoms with Crippen molar-refractivity contribution in [1.82, 2.24) is 0 Å². The Hall–Kier alpha value is -2.62. The first kappa shape index (κ1) is 18.7. The van der Waals surface area contributed by atoms with Gasteiger partial charge in [0.2, 0.25) is 11.8 Å². The van der Waals surface area contributed by atoms with Gasteiger partial charge < -0.3 is 10.2 Å². The molecule has 1 N–H and O–H groups in total. The maximum atomic E-state index is 12.5. The van der Waals surface area contributed by atoms with Crippen LogP contribution in [0.15, 0.2) is 30.3 Å². The highest BCUT2D eigenvalue weighted by Crippen LogP contribution is 2.26. The second kappa shape index (κ2) is 7.51. The first-order valence-corrected chi connectivity index (χ1v) is 8.42. The zero-order chi connectivity index (χ0) is 18.7. The highest BCUT2D eigenvalue weighted by molar-refractivity contribution is 6.02. The van der Waals surface area contributed by atoms with Gasteiger partial charge in [-0.25, -0.2) is 0 Å². The summed E-state index contributed by atoms with van der Waals surface area (Å²) in [5.74, 6) is -0.352. The lowest BCUT2D eigenvalue weighted by molar-refractivity contribution is -0.120. The first-order chi connectivity index (χ1) is 11.7. The van der Waals surface area contributed by atoms with Gasteiger partial charge in [-0.2, -0.15) is 0 Å². The van der Waals surface area contributed by atoms with E-state index >= 15 is 0 Å². The Morgan fingerprint density at radius 2 is 1.48 bits per heavy atom. The van der Waals surface area contributed by atoms with E-state index in [0.29, 0.717) is 0 Å². The normalized spacial score (nSPS) is 10.5. The molecule has 0 spiro atoms. The Balaban J connectivity index is 2.27. The van der Waals surface area contributed by atoms with Crippen LogP contribution in [0.25, 0.3) is 0 Å². The lowest BCUT2D eigenvalue weighted by Crippen LogP contribution is -2.37. The molecule has 0 fully saturated rings. The molecule has 0 aliphatic rings. The molecule has 0 saturated heterocycles. The van der Waals surface area contributed by atoms with E-state index in [1.165, 1.54) is 6.92 Å². The van der Waals surface area contributed by atoms with Gasteiger partial charge in [-0.15, -0.1) is 0 Å². The van der Waals surface area contributed by atoms with Crippen LogP contribution in [-0.2, 0) is 9.59 Å². The van der Waals surface area contributed by atoms with E-state index in [-0.39, 0.29) is 18.4 Å². The minimum atomic E-state index is -0.205. The molecule has 0 heterocycles. The molecule has 132 valence electrons. The number of rotatable bonds is 4. The number of nitrogens with zero attached hydrogens (tertiary/aromatic N) is 1. The number of hydrogen-bond donors (Lipinski definition) is 1. The van der Waals surface area contributed by atoms with Crippen LogP contribution >= 0.6 is 0 Å². The summed E-state index contributed by atoms with van der Waals surface area (Å²) in [5.41, 5.74) is 6.80. The third-order valence-corrected chi connectivity index (χ3v) is 4.25. The maximum Gasteiger partial charge on any atom is 0.244 e. The SMILES string of the molecule is CC(=O)N(CC(=O)Nc1cc(C)ccc1C)c1c(C)cc(C)cc1C. The van der Waals surface area contributed by atoms with Crippen LogP contribution in [0.5, 0.6) is 0 Å². The average Bonchev–Trinajstić information content (AvgIpc) is 2.48. The topological polar surface area (TPSA) is 49.4 Å². The summed E-state index contributed by atoms with van der Waals surface area (Å²) in [4.78, 5) is 26.3. The van der Waals surface area contributed by atoms with Crippen molar-refractivity contribution in [3.8, 4) is 0 Å². The molecule has 4 heteroatoms. The van der Waals surface area contributed by atoms with Crippen LogP contribution in [0.4, 0.5) is 11.4 Å². The number of carbonyl (C=O) groups is 2. The van der Waals surface area contributed by atoms with Crippen molar-refractivity contribution in [2.45, 2.75) is 41.5 Å². The van der Waals surface area contributed by atoms with E-state index in [2.05, 4.69) is 5.32 Å². The molecule has 0 bridgehead atoms. The fraction of sp³-hybridized carbons (Fsp3) is 0.333. The Labute approximate surface area is 149 Å². The number of benzene rings is 2. The van der Waals surface area contributed by atoms with E-state index in [9.17, 15) is 9.59 Å². The molecule has 0 aliphatic carbocycles. The van der Waals surface area contributed by atoms with E-state index < -0.39 is 0 Å². The fourth-order valence-corrected chi connectivity index (χ4v) is 3.15. The molecular formula is C21H26N2O2. The molecule has 0 unspecified atom stereocenters. The van der Waals surface area contributed by atoms with Crippen LogP contribution in [0.1, 0.15) is 34.7 Å². The van der Waals surface area contributed by atoms with Gasteiger partial charge in [0.1, 0.15) is 6.54 Å². The molecule has 2 aromatic carbocycles. The molecule has 0 aliphatic heterocycles. The van der Waals surface area contributed by atoms with Crippen molar-refractivity contribution in [2.24, 2.45) is 0 Å². The molecule has 0 saturated carbocycles. The van der Waals surface area contributed by atoms with Crippen molar-refractivity contribution in [2.75, 3.05) is 16.8 Å². The highest BCUT2D eigenvalue weighted by Gasteiger charge is 2.20. The summed E-state index contributed by atoms with van der Waals surface area (Å²) in [6, 6.07) is 9.98. The molecule has 0 atom stereocenters. The molecule has 2 aromatic rings. The highest BCUT2D eigenvalue weighted by atomic mass is 16.2. The summed E-state index contributed by atoms with van der Waals surface area (Å²) >= 11 is 0. The van der Waals surface area contributed by atoms with E-state index in [1.54, 1.807) is 4.90 Å². The largest absolute Gasteiger partial charge is 0.324 e. The zero-order valence-corrected chi connectivity index (χ0v) is 15.9. The molecule has 25 heavy (non-hydrogen) atoms. The lowest BCUT2D eigenvalue weighted by Gasteiger charge is -2.25. The zero-order valence-electron chi connectivity index (χ0n) is 15.9. The Morgan fingerprint density at radius 1 is 0.880 bits per heavy atom. The van der Waals surface area contributed by atoms with Gasteiger partial charge in [-0.1, -0.05) is 29.8 Å². The summed E-state index contributed by atoms with van der Waals surface area (Å²) in [6.45, 7) is 11.4. The number of carbonyl (C=O) groups excluding carboxylic acids is 2. The van der Waals surface area contributed by atoms with Crippen molar-refractivity contribution < 1.29 is 9.59 Å². The van der Waals surface area contributed by atoms with Crippen LogP contribution in [0.2, 0.25) is 0 Å². The van der Waals surface area contributed by atoms with Gasteiger partial charge >= 0.3 is 0 Å². The maximum absolute atomic E-state index is 12.5. The van der Waals surface area contributed by atoms with Crippen molar-refractivity contribution in [3.63, 3.8) is 0 Å². The predicted octanol–water partition coefficient (Wildman–Crippen LogP) is 4.22. The summed E-state index contributed by atoms with van der Waals surface area (Å²) in [5, 5.41) is 2.92. The van der Waals surface area contributed by atoms with E-state index in [1.807, 2.05) is 65.0 Å². The van der Waals surface area contributed by atoms with Crippen molar-refractivity contribution in [1.29, 1.82) is 0 Å².